The summed E-state index contributed by atoms with van der Waals surface area (Å²) in [6.07, 6.45) is 3.92. The van der Waals surface area contributed by atoms with Crippen LogP contribution in [0.3, 0.4) is 0 Å². The lowest BCUT2D eigenvalue weighted by atomic mass is 9.97. The summed E-state index contributed by atoms with van der Waals surface area (Å²) in [5, 5.41) is 3.09. The van der Waals surface area contributed by atoms with Crippen molar-refractivity contribution in [1.29, 1.82) is 0 Å². The first-order valence-electron chi connectivity index (χ1n) is 10.5. The number of amides is 1. The van der Waals surface area contributed by atoms with E-state index in [2.05, 4.69) is 39.5 Å². The molecule has 2 heterocycles. The molecule has 5 heteroatoms. The Hall–Kier alpha value is -3.18. The number of likely N-dealkylation sites (tertiary alicyclic amines) is 1. The van der Waals surface area contributed by atoms with Crippen LogP contribution >= 0.6 is 0 Å². The normalized spacial score (nSPS) is 16.7. The zero-order chi connectivity index (χ0) is 20.6. The van der Waals surface area contributed by atoms with E-state index in [9.17, 15) is 4.79 Å². The Kier molecular flexibility index (Phi) is 6.72. The fraction of sp³-hybridized carbons (Fsp3) is 0.280. The minimum absolute atomic E-state index is 0.144. The maximum Gasteiger partial charge on any atom is 0.256 e. The summed E-state index contributed by atoms with van der Waals surface area (Å²) < 4.78 is 5.83. The van der Waals surface area contributed by atoms with E-state index in [-0.39, 0.29) is 5.91 Å². The molecule has 1 aromatic heterocycles. The predicted octanol–water partition coefficient (Wildman–Crippen LogP) is 4.52. The first-order chi connectivity index (χ1) is 14.8. The predicted molar refractivity (Wildman–Crippen MR) is 118 cm³/mol. The quantitative estimate of drug-likeness (QED) is 0.633. The molecule has 30 heavy (non-hydrogen) atoms. The number of hydrogen-bond acceptors (Lipinski definition) is 4. The van der Waals surface area contributed by atoms with Crippen molar-refractivity contribution in [2.75, 3.05) is 19.6 Å². The Bertz CT molecular complexity index is 947. The van der Waals surface area contributed by atoms with Crippen LogP contribution in [0.15, 0.2) is 79.0 Å². The van der Waals surface area contributed by atoms with Crippen LogP contribution in [0.4, 0.5) is 0 Å². The molecule has 0 radical (unpaired) electrons. The molecular weight excluding hydrogens is 374 g/mol. The van der Waals surface area contributed by atoms with Gasteiger partial charge in [-0.05, 0) is 55.1 Å². The van der Waals surface area contributed by atoms with Crippen LogP contribution in [0.2, 0.25) is 0 Å². The number of carbonyl (C=O) groups is 1. The van der Waals surface area contributed by atoms with Crippen molar-refractivity contribution in [3.63, 3.8) is 0 Å². The molecule has 1 fully saturated rings. The van der Waals surface area contributed by atoms with Crippen molar-refractivity contribution in [2.45, 2.75) is 19.4 Å². The zero-order valence-corrected chi connectivity index (χ0v) is 17.0. The third kappa shape index (κ3) is 5.45. The summed E-state index contributed by atoms with van der Waals surface area (Å²) in [5.74, 6) is 1.29. The average molecular weight is 402 g/mol. The van der Waals surface area contributed by atoms with Crippen molar-refractivity contribution in [3.05, 3.63) is 90.1 Å². The van der Waals surface area contributed by atoms with Gasteiger partial charge in [0, 0.05) is 25.8 Å². The van der Waals surface area contributed by atoms with E-state index >= 15 is 0 Å². The van der Waals surface area contributed by atoms with E-state index in [1.54, 1.807) is 18.3 Å². The first kappa shape index (κ1) is 20.1. The fourth-order valence-electron chi connectivity index (χ4n) is 3.88. The van der Waals surface area contributed by atoms with Gasteiger partial charge in [0.2, 0.25) is 5.88 Å². The van der Waals surface area contributed by atoms with Gasteiger partial charge < -0.3 is 10.1 Å². The van der Waals surface area contributed by atoms with Gasteiger partial charge in [0.25, 0.3) is 5.91 Å². The van der Waals surface area contributed by atoms with Crippen LogP contribution in [0.5, 0.6) is 11.6 Å². The van der Waals surface area contributed by atoms with E-state index in [1.807, 2.05) is 36.4 Å². The molecular formula is C25H27N3O2. The molecule has 1 unspecified atom stereocenters. The minimum Gasteiger partial charge on any atom is -0.438 e. The molecule has 4 rings (SSSR count). The molecule has 1 atom stereocenters. The number of ether oxygens (including phenoxy) is 1. The summed E-state index contributed by atoms with van der Waals surface area (Å²) in [6, 6.07) is 23.5. The zero-order valence-electron chi connectivity index (χ0n) is 17.0. The van der Waals surface area contributed by atoms with Crippen LogP contribution in [-0.4, -0.2) is 35.4 Å². The van der Waals surface area contributed by atoms with Crippen LogP contribution < -0.4 is 10.1 Å². The van der Waals surface area contributed by atoms with Crippen LogP contribution in [-0.2, 0) is 6.54 Å². The molecule has 1 N–H and O–H groups in total. The number of aromatic nitrogens is 1. The van der Waals surface area contributed by atoms with E-state index in [4.69, 9.17) is 4.74 Å². The van der Waals surface area contributed by atoms with Crippen molar-refractivity contribution < 1.29 is 9.53 Å². The van der Waals surface area contributed by atoms with Gasteiger partial charge in [-0.3, -0.25) is 9.69 Å². The van der Waals surface area contributed by atoms with Gasteiger partial charge in [-0.2, -0.15) is 0 Å². The Labute approximate surface area is 177 Å². The molecule has 1 amide bonds. The molecule has 3 aromatic rings. The molecule has 154 valence electrons. The molecule has 0 bridgehead atoms. The van der Waals surface area contributed by atoms with Gasteiger partial charge in [0.1, 0.15) is 11.3 Å². The number of nitrogens with zero attached hydrogens (tertiary/aromatic N) is 2. The number of pyridine rings is 1. The SMILES string of the molecule is O=C(NCC1CCCN(Cc2ccccc2)C1)c1cccnc1Oc1ccccc1. The Balaban J connectivity index is 1.33. The number of para-hydroxylation sites is 1. The van der Waals surface area contributed by atoms with Crippen LogP contribution in [0.1, 0.15) is 28.8 Å². The molecule has 1 aliphatic rings. The minimum atomic E-state index is -0.144. The highest BCUT2D eigenvalue weighted by Crippen LogP contribution is 2.23. The van der Waals surface area contributed by atoms with Gasteiger partial charge in [0.05, 0.1) is 0 Å². The average Bonchev–Trinajstić information content (AvgIpc) is 2.79. The van der Waals surface area contributed by atoms with E-state index < -0.39 is 0 Å². The third-order valence-corrected chi connectivity index (χ3v) is 5.38. The summed E-state index contributed by atoms with van der Waals surface area (Å²) >= 11 is 0. The summed E-state index contributed by atoms with van der Waals surface area (Å²) in [5.41, 5.74) is 1.79. The number of benzene rings is 2. The lowest BCUT2D eigenvalue weighted by Crippen LogP contribution is -2.40. The molecule has 0 saturated carbocycles. The van der Waals surface area contributed by atoms with Crippen LogP contribution in [0.25, 0.3) is 0 Å². The van der Waals surface area contributed by atoms with Gasteiger partial charge >= 0.3 is 0 Å². The Morgan fingerprint density at radius 2 is 1.80 bits per heavy atom. The highest BCUT2D eigenvalue weighted by atomic mass is 16.5. The highest BCUT2D eigenvalue weighted by molar-refractivity contribution is 5.96. The van der Waals surface area contributed by atoms with E-state index in [1.165, 1.54) is 5.56 Å². The van der Waals surface area contributed by atoms with Gasteiger partial charge in [-0.25, -0.2) is 4.98 Å². The van der Waals surface area contributed by atoms with Crippen molar-refractivity contribution in [3.8, 4) is 11.6 Å². The molecule has 1 aliphatic heterocycles. The molecule has 2 aromatic carbocycles. The molecule has 0 aliphatic carbocycles. The third-order valence-electron chi connectivity index (χ3n) is 5.38. The highest BCUT2D eigenvalue weighted by Gasteiger charge is 2.22. The smallest absolute Gasteiger partial charge is 0.256 e. The van der Waals surface area contributed by atoms with Crippen molar-refractivity contribution in [1.82, 2.24) is 15.2 Å². The number of rotatable bonds is 7. The van der Waals surface area contributed by atoms with Gasteiger partial charge in [0.15, 0.2) is 0 Å². The lowest BCUT2D eigenvalue weighted by Gasteiger charge is -2.32. The first-order valence-corrected chi connectivity index (χ1v) is 10.5. The summed E-state index contributed by atoms with van der Waals surface area (Å²) in [7, 11) is 0. The Morgan fingerprint density at radius 3 is 2.60 bits per heavy atom. The van der Waals surface area contributed by atoms with Crippen molar-refractivity contribution >= 4 is 5.91 Å². The standard InChI is InChI=1S/C25H27N3O2/c29-24(23-14-7-15-26-25(23)30-22-12-5-2-6-13-22)27-17-21-11-8-16-28(19-21)18-20-9-3-1-4-10-20/h1-7,9-10,12-15,21H,8,11,16-19H2,(H,27,29). The summed E-state index contributed by atoms with van der Waals surface area (Å²) in [6.45, 7) is 3.72. The van der Waals surface area contributed by atoms with Crippen LogP contribution in [0, 0.1) is 5.92 Å². The second kappa shape index (κ2) is 10.0. The second-order valence-electron chi connectivity index (χ2n) is 7.71. The largest absolute Gasteiger partial charge is 0.438 e. The van der Waals surface area contributed by atoms with Crippen molar-refractivity contribution in [2.24, 2.45) is 5.92 Å². The van der Waals surface area contributed by atoms with Gasteiger partial charge in [-0.1, -0.05) is 48.5 Å². The lowest BCUT2D eigenvalue weighted by molar-refractivity contribution is 0.0927. The van der Waals surface area contributed by atoms with Gasteiger partial charge in [-0.15, -0.1) is 0 Å². The number of carbonyl (C=O) groups excluding carboxylic acids is 1. The molecule has 5 nitrogen and oxygen atoms in total. The number of piperidine rings is 1. The summed E-state index contributed by atoms with van der Waals surface area (Å²) in [4.78, 5) is 19.6. The Morgan fingerprint density at radius 1 is 1.03 bits per heavy atom. The monoisotopic (exact) mass is 401 g/mol. The second-order valence-corrected chi connectivity index (χ2v) is 7.71. The van der Waals surface area contributed by atoms with E-state index in [0.29, 0.717) is 29.7 Å². The maximum absolute atomic E-state index is 12.8. The maximum atomic E-state index is 12.8. The number of hydrogen-bond donors (Lipinski definition) is 1. The topological polar surface area (TPSA) is 54.5 Å². The fourth-order valence-corrected chi connectivity index (χ4v) is 3.88. The molecule has 1 saturated heterocycles. The van der Waals surface area contributed by atoms with E-state index in [0.717, 1.165) is 32.5 Å². The number of nitrogens with one attached hydrogen (secondary N) is 1. The molecule has 0 spiro atoms.